The molecule has 3 saturated heterocycles. The number of nitrogens with two attached hydrogens (primary N) is 5. The maximum absolute atomic E-state index is 9.72. The van der Waals surface area contributed by atoms with E-state index < -0.39 is 6.04 Å². The molecule has 8 aliphatic rings. The zero-order chi connectivity index (χ0) is 86.3. The third-order valence-corrected chi connectivity index (χ3v) is 21.1. The summed E-state index contributed by atoms with van der Waals surface area (Å²) in [6, 6.07) is 28.5. The number of hydrogen-bond acceptors (Lipinski definition) is 27. The van der Waals surface area contributed by atoms with E-state index in [9.17, 15) is 5.11 Å². The van der Waals surface area contributed by atoms with Gasteiger partial charge >= 0.3 is 0 Å². The van der Waals surface area contributed by atoms with E-state index in [1.807, 2.05) is 141 Å². The Hall–Kier alpha value is -14.2. The molecule has 18 heterocycles. The molecule has 0 saturated carbocycles. The van der Waals surface area contributed by atoms with E-state index in [1.165, 1.54) is 6.08 Å². The Bertz CT molecular complexity index is 6280. The third-order valence-electron chi connectivity index (χ3n) is 21.1. The van der Waals surface area contributed by atoms with Crippen LogP contribution in [-0.2, 0) is 0 Å². The number of quaternary nitrogens is 2. The quantitative estimate of drug-likeness (QED) is 0.0751. The molecule has 8 aliphatic heterocycles. The van der Waals surface area contributed by atoms with Crippen molar-refractivity contribution in [2.24, 2.45) is 84.5 Å². The summed E-state index contributed by atoms with van der Waals surface area (Å²) in [5.74, 6) is 4.07. The van der Waals surface area contributed by atoms with Gasteiger partial charge < -0.3 is 97.8 Å². The first-order chi connectivity index (χ1) is 58.5. The number of likely N-dealkylation sites (tertiary alicyclic amines) is 3. The summed E-state index contributed by atoms with van der Waals surface area (Å²) in [4.78, 5) is 50.7. The van der Waals surface area contributed by atoms with Crippen LogP contribution >= 0.6 is 0 Å². The van der Waals surface area contributed by atoms with Gasteiger partial charge in [-0.25, -0.2) is 67.5 Å². The minimum absolute atomic E-state index is 0. The number of allylic oxidation sites excluding steroid dienone is 1. The zero-order valence-corrected chi connectivity index (χ0v) is 70.8. The molecule has 0 bridgehead atoms. The predicted octanol–water partition coefficient (Wildman–Crippen LogP) is -0.727. The summed E-state index contributed by atoms with van der Waals surface area (Å²) in [5, 5.41) is 93.0. The van der Waals surface area contributed by atoms with Gasteiger partial charge in [0.1, 0.15) is 45.9 Å². The summed E-state index contributed by atoms with van der Waals surface area (Å²) >= 11 is 0. The minimum Gasteiger partial charge on any atom is -1.00 e. The Morgan fingerprint density at radius 3 is 1.31 bits per heavy atom. The van der Waals surface area contributed by atoms with E-state index in [2.05, 4.69) is 116 Å². The van der Waals surface area contributed by atoms with E-state index in [4.69, 9.17) is 70.9 Å². The SMILES string of the molecule is CN(C)C1=NC(=Nc2cnn3ccccc23)C(=N)C=C1N.C[N+](C)(C)C1CCN(C2=NC(=Nc3cnn4ccccc34)C(=N)C=C2N)C1.C[N+]1(C)CCC(C2=NC(=Nc3cnn4ccccc34)C(N)=CC2=N)CC1.N=C1C=C(N)C(=NC(CO)CO)N=C1Nc1cnn2ccccc12.N=C1C=C(N)C(N2CCC(O)C2)=NC1=Nc1cnn2ccccc12.[Cl-].[Cl-]. The lowest BCUT2D eigenvalue weighted by atomic mass is 9.87. The largest absolute Gasteiger partial charge is 1.00 e. The number of anilines is 1. The van der Waals surface area contributed by atoms with Crippen molar-refractivity contribution in [3.05, 3.63) is 212 Å². The second-order valence-corrected chi connectivity index (χ2v) is 31.4. The molecule has 0 aliphatic carbocycles. The number of pyridine rings is 5. The molecular formula is C83H98Cl2N36O3. The van der Waals surface area contributed by atoms with Crippen LogP contribution in [0.3, 0.4) is 0 Å². The van der Waals surface area contributed by atoms with Gasteiger partial charge in [0.2, 0.25) is 0 Å². The molecule has 39 nitrogen and oxygen atoms in total. The molecule has 0 amide bonds. The number of aromatic nitrogens is 10. The average molecular weight is 1720 g/mol. The number of fused-ring (bicyclic) bond motifs is 5. The second kappa shape index (κ2) is 38.2. The summed E-state index contributed by atoms with van der Waals surface area (Å²) < 4.78 is 10.6. The van der Waals surface area contributed by atoms with Crippen molar-refractivity contribution >= 4 is 143 Å². The smallest absolute Gasteiger partial charge is 0.180 e. The van der Waals surface area contributed by atoms with Gasteiger partial charge in [-0.15, -0.1) is 0 Å². The number of β-amino-alcohol motifs (C(OH)–C–C–N with tert-alkyl or cyclic N) is 1. The molecule has 19 N–H and O–H groups in total. The third kappa shape index (κ3) is 20.3. The zero-order valence-electron chi connectivity index (χ0n) is 69.3. The number of piperidine rings is 1. The van der Waals surface area contributed by atoms with Crippen molar-refractivity contribution in [1.29, 1.82) is 27.0 Å². The number of dihydropyridines is 5. The van der Waals surface area contributed by atoms with Gasteiger partial charge in [0.05, 0.1) is 190 Å². The van der Waals surface area contributed by atoms with E-state index >= 15 is 0 Å². The van der Waals surface area contributed by atoms with E-state index in [1.54, 1.807) is 82.8 Å². The van der Waals surface area contributed by atoms with Crippen LogP contribution < -0.4 is 58.8 Å². The topological polar surface area (TPSA) is 542 Å². The molecule has 642 valence electrons. The van der Waals surface area contributed by atoms with Gasteiger partial charge in [0, 0.05) is 89.9 Å². The molecular weight excluding hydrogens is 1620 g/mol. The Balaban J connectivity index is 0.000000141. The number of rotatable bonds is 10. The number of likely N-dealkylation sites (N-methyl/N-ethyl adjacent to an activating group) is 2. The van der Waals surface area contributed by atoms with Gasteiger partial charge in [0.25, 0.3) is 0 Å². The number of nitrogens with one attached hydrogen (secondary N) is 6. The summed E-state index contributed by atoms with van der Waals surface area (Å²) in [7, 11) is 14.8. The van der Waals surface area contributed by atoms with Crippen molar-refractivity contribution in [2.75, 3.05) is 107 Å². The van der Waals surface area contributed by atoms with Crippen molar-refractivity contribution in [3.8, 4) is 0 Å². The van der Waals surface area contributed by atoms with Gasteiger partial charge in [-0.3, -0.25) is 32.0 Å². The lowest BCUT2D eigenvalue weighted by Crippen LogP contribution is -3.00. The normalized spacial score (nSPS) is 20.2. The molecule has 0 radical (unpaired) electrons. The molecule has 18 rings (SSSR count). The standard InChI is InChI=1S/C19H25N8.C19H24N7.C16H17N7O.C15H17N7O2.C14H15N7.2ClH/c1-27(2,3)13-7-9-25(12-13)19-15(21)10-14(20)18(24-19)23-16-11-22-26-8-5-4-6-17(16)26;1-26(2)9-6-13(7-10-26)18-14(20)11-15(21)19(24-18)23-16-12-22-25-8-4-3-5-17(16)25;17-11-7-12(18)16(22-6-4-10(24)9-22)21-15(11)20-13-8-19-23-5-2-1-3-14(13)23;16-10-5-11(17)15(21-14(10)19-9(7-23)8-24)20-12-6-18-22-4-2-1-3-13(12)22;1-20(2)14-10(16)7-9(15)13(19-14)18-11-8-17-21-6-4-3-5-12(11)21;;/h4-6,8,10-11,13,20H,7,9,12,21H2,1-3H3;3-5,8,11-13,20H,6-7,9-10,21H2,1-2H3;1-3,5,7-8,10,17,24H,4,6,9,18H2;1-6,9,17,23-24H,7-8,16H2,(H,19,20,21);3-8,15H,16H2,1-2H3;2*1H/q2*+1;;;;;/p-2. The first-order valence-corrected chi connectivity index (χ1v) is 39.3. The highest BCUT2D eigenvalue weighted by Crippen LogP contribution is 2.30. The fourth-order valence-electron chi connectivity index (χ4n) is 14.3. The average Bonchev–Trinajstić information content (AvgIpc) is 1.77. The number of halogens is 2. The van der Waals surface area contributed by atoms with Gasteiger partial charge in [-0.05, 0) is 97.5 Å². The van der Waals surface area contributed by atoms with Crippen molar-refractivity contribution in [1.82, 2.24) is 62.8 Å². The van der Waals surface area contributed by atoms with Gasteiger partial charge in [-0.2, -0.15) is 25.5 Å². The number of aliphatic imine (C=N–C) groups is 10. The highest BCUT2D eigenvalue weighted by molar-refractivity contribution is 6.53. The van der Waals surface area contributed by atoms with Crippen LogP contribution in [0.15, 0.2) is 262 Å². The van der Waals surface area contributed by atoms with E-state index in [0.717, 1.165) is 99.2 Å². The van der Waals surface area contributed by atoms with Gasteiger partial charge in [-0.1, -0.05) is 30.3 Å². The molecule has 0 spiro atoms. The van der Waals surface area contributed by atoms with E-state index in [-0.39, 0.29) is 84.3 Å². The lowest BCUT2D eigenvalue weighted by molar-refractivity contribution is -0.895. The van der Waals surface area contributed by atoms with Gasteiger partial charge in [0.15, 0.2) is 52.5 Å². The number of aliphatic hydroxyl groups is 3. The highest BCUT2D eigenvalue weighted by atomic mass is 35.5. The van der Waals surface area contributed by atoms with Crippen LogP contribution in [-0.4, -0.2) is 294 Å². The molecule has 0 aromatic carbocycles. The number of nitrogens with zero attached hydrogens (tertiary/aromatic N) is 25. The molecule has 3 fully saturated rings. The van der Waals surface area contributed by atoms with Crippen LogP contribution in [0.1, 0.15) is 25.7 Å². The van der Waals surface area contributed by atoms with Crippen molar-refractivity contribution in [3.63, 3.8) is 0 Å². The summed E-state index contributed by atoms with van der Waals surface area (Å²) in [5.41, 5.74) is 41.7. The minimum atomic E-state index is -0.707. The van der Waals surface area contributed by atoms with Crippen LogP contribution in [0.2, 0.25) is 0 Å². The molecule has 124 heavy (non-hydrogen) atoms. The fourth-order valence-corrected chi connectivity index (χ4v) is 14.3. The maximum atomic E-state index is 9.72. The Labute approximate surface area is 725 Å². The summed E-state index contributed by atoms with van der Waals surface area (Å²) in [6.07, 6.45) is 28.9. The van der Waals surface area contributed by atoms with Crippen LogP contribution in [0.5, 0.6) is 0 Å². The highest BCUT2D eigenvalue weighted by Gasteiger charge is 2.37. The fraction of sp³-hybridized carbons (Fsp3) is 0.277. The predicted molar refractivity (Wildman–Crippen MR) is 479 cm³/mol. The van der Waals surface area contributed by atoms with Crippen molar-refractivity contribution in [2.45, 2.75) is 43.9 Å². The molecule has 2 unspecified atom stereocenters. The molecule has 2 atom stereocenters. The molecule has 10 aromatic heterocycles. The first-order valence-electron chi connectivity index (χ1n) is 39.3. The number of aliphatic hydroxyl groups excluding tert-OH is 3. The van der Waals surface area contributed by atoms with Crippen LogP contribution in [0.4, 0.5) is 28.4 Å². The van der Waals surface area contributed by atoms with Crippen LogP contribution in [0.25, 0.3) is 27.6 Å². The Kier molecular flexibility index (Phi) is 27.5. The first kappa shape index (κ1) is 89.0. The molecule has 10 aromatic rings. The van der Waals surface area contributed by atoms with E-state index in [0.29, 0.717) is 118 Å². The second-order valence-electron chi connectivity index (χ2n) is 31.4. The number of amidine groups is 9. The van der Waals surface area contributed by atoms with Crippen molar-refractivity contribution < 1.29 is 49.1 Å². The maximum Gasteiger partial charge on any atom is 0.180 e. The number of hydrogen-bond donors (Lipinski definition) is 14. The monoisotopic (exact) mass is 1720 g/mol. The summed E-state index contributed by atoms with van der Waals surface area (Å²) in [6.45, 7) is 4.52. The Morgan fingerprint density at radius 2 is 0.871 bits per heavy atom. The van der Waals surface area contributed by atoms with Crippen LogP contribution in [0, 0.1) is 33.0 Å². The Morgan fingerprint density at radius 1 is 0.476 bits per heavy atom. The molecule has 41 heteroatoms. The lowest BCUT2D eigenvalue weighted by Gasteiger charge is -2.37.